The molecule has 1 aliphatic carbocycles. The van der Waals surface area contributed by atoms with Crippen molar-refractivity contribution in [3.05, 3.63) is 29.3 Å². The second kappa shape index (κ2) is 3.24. The van der Waals surface area contributed by atoms with E-state index >= 15 is 0 Å². The molecular formula is C13H17NO. The maximum Gasteiger partial charge on any atom is 0.122 e. The average molecular weight is 203 g/mol. The van der Waals surface area contributed by atoms with Crippen LogP contribution in [-0.4, -0.2) is 12.1 Å². The summed E-state index contributed by atoms with van der Waals surface area (Å²) in [6.45, 7) is 0.868. The molecule has 2 N–H and O–H groups in total. The summed E-state index contributed by atoms with van der Waals surface area (Å²) in [7, 11) is 0. The zero-order valence-corrected chi connectivity index (χ0v) is 8.96. The Balaban J connectivity index is 1.84. The maximum atomic E-state index is 6.12. The summed E-state index contributed by atoms with van der Waals surface area (Å²) < 4.78 is 5.59. The molecular weight excluding hydrogens is 186 g/mol. The Labute approximate surface area is 90.4 Å². The molecule has 0 radical (unpaired) electrons. The first kappa shape index (κ1) is 9.22. The quantitative estimate of drug-likeness (QED) is 0.798. The van der Waals surface area contributed by atoms with E-state index < -0.39 is 0 Å². The molecule has 0 atom stereocenters. The van der Waals surface area contributed by atoms with Gasteiger partial charge in [0.05, 0.1) is 6.61 Å². The molecule has 1 aromatic rings. The van der Waals surface area contributed by atoms with E-state index in [1.54, 1.807) is 0 Å². The second-order valence-electron chi connectivity index (χ2n) is 4.93. The molecule has 0 spiro atoms. The lowest BCUT2D eigenvalue weighted by atomic mass is 9.99. The third-order valence-corrected chi connectivity index (χ3v) is 3.42. The molecule has 0 aromatic heterocycles. The topological polar surface area (TPSA) is 35.2 Å². The SMILES string of the molecule is NC1(Cc2ccc3c(c2)CCCO3)CC1. The molecule has 15 heavy (non-hydrogen) atoms. The van der Waals surface area contributed by atoms with E-state index in [0.29, 0.717) is 0 Å². The van der Waals surface area contributed by atoms with E-state index in [1.165, 1.54) is 24.0 Å². The second-order valence-corrected chi connectivity index (χ2v) is 4.93. The van der Waals surface area contributed by atoms with Gasteiger partial charge in [0.2, 0.25) is 0 Å². The summed E-state index contributed by atoms with van der Waals surface area (Å²) in [4.78, 5) is 0. The summed E-state index contributed by atoms with van der Waals surface area (Å²) >= 11 is 0. The molecule has 2 nitrogen and oxygen atoms in total. The van der Waals surface area contributed by atoms with E-state index in [0.717, 1.165) is 31.6 Å². The third-order valence-electron chi connectivity index (χ3n) is 3.42. The highest BCUT2D eigenvalue weighted by Gasteiger charge is 2.38. The van der Waals surface area contributed by atoms with Gasteiger partial charge in [0.1, 0.15) is 5.75 Å². The van der Waals surface area contributed by atoms with Gasteiger partial charge in [-0.25, -0.2) is 0 Å². The minimum absolute atomic E-state index is 0.115. The number of benzene rings is 1. The largest absolute Gasteiger partial charge is 0.493 e. The normalized spacial score (nSPS) is 21.7. The van der Waals surface area contributed by atoms with Gasteiger partial charge in [0, 0.05) is 5.54 Å². The van der Waals surface area contributed by atoms with Gasteiger partial charge in [-0.15, -0.1) is 0 Å². The van der Waals surface area contributed by atoms with Crippen molar-refractivity contribution < 1.29 is 4.74 Å². The minimum Gasteiger partial charge on any atom is -0.493 e. The van der Waals surface area contributed by atoms with Crippen molar-refractivity contribution in [3.63, 3.8) is 0 Å². The molecule has 1 heterocycles. The predicted octanol–water partition coefficient (Wildman–Crippen LogP) is 2.05. The van der Waals surface area contributed by atoms with Crippen LogP contribution in [0.1, 0.15) is 30.4 Å². The molecule has 0 bridgehead atoms. The van der Waals surface area contributed by atoms with Crippen molar-refractivity contribution in [3.8, 4) is 5.75 Å². The zero-order valence-electron chi connectivity index (χ0n) is 8.96. The number of rotatable bonds is 2. The summed E-state index contributed by atoms with van der Waals surface area (Å²) in [5, 5.41) is 0. The molecule has 2 aliphatic rings. The highest BCUT2D eigenvalue weighted by molar-refractivity contribution is 5.39. The molecule has 80 valence electrons. The van der Waals surface area contributed by atoms with E-state index in [-0.39, 0.29) is 5.54 Å². The fourth-order valence-corrected chi connectivity index (χ4v) is 2.27. The number of hydrogen-bond acceptors (Lipinski definition) is 2. The van der Waals surface area contributed by atoms with Crippen LogP contribution in [0.15, 0.2) is 18.2 Å². The monoisotopic (exact) mass is 203 g/mol. The Kier molecular flexibility index (Phi) is 1.99. The lowest BCUT2D eigenvalue weighted by Crippen LogP contribution is -2.24. The number of nitrogens with two attached hydrogens (primary N) is 1. The van der Waals surface area contributed by atoms with Crippen molar-refractivity contribution in [1.82, 2.24) is 0 Å². The Morgan fingerprint density at radius 3 is 3.00 bits per heavy atom. The van der Waals surface area contributed by atoms with Gasteiger partial charge in [0.25, 0.3) is 0 Å². The highest BCUT2D eigenvalue weighted by atomic mass is 16.5. The minimum atomic E-state index is 0.115. The fraction of sp³-hybridized carbons (Fsp3) is 0.538. The average Bonchev–Trinajstić information content (AvgIpc) is 2.96. The van der Waals surface area contributed by atoms with Gasteiger partial charge >= 0.3 is 0 Å². The highest BCUT2D eigenvalue weighted by Crippen LogP contribution is 2.36. The zero-order chi connectivity index (χ0) is 10.3. The van der Waals surface area contributed by atoms with Gasteiger partial charge in [-0.05, 0) is 49.3 Å². The summed E-state index contributed by atoms with van der Waals surface area (Å²) in [6, 6.07) is 6.55. The predicted molar refractivity (Wildman–Crippen MR) is 60.1 cm³/mol. The lowest BCUT2D eigenvalue weighted by Gasteiger charge is -2.18. The molecule has 1 aliphatic heterocycles. The van der Waals surface area contributed by atoms with Gasteiger partial charge in [-0.2, -0.15) is 0 Å². The Hall–Kier alpha value is -1.02. The van der Waals surface area contributed by atoms with Gasteiger partial charge in [-0.3, -0.25) is 0 Å². The summed E-state index contributed by atoms with van der Waals surface area (Å²) in [5.41, 5.74) is 8.98. The van der Waals surface area contributed by atoms with Crippen LogP contribution in [0.5, 0.6) is 5.75 Å². The van der Waals surface area contributed by atoms with Crippen molar-refractivity contribution in [2.24, 2.45) is 5.73 Å². The first-order chi connectivity index (χ1) is 7.25. The Morgan fingerprint density at radius 2 is 2.20 bits per heavy atom. The first-order valence-corrected chi connectivity index (χ1v) is 5.79. The first-order valence-electron chi connectivity index (χ1n) is 5.79. The summed E-state index contributed by atoms with van der Waals surface area (Å²) in [5.74, 6) is 1.08. The summed E-state index contributed by atoms with van der Waals surface area (Å²) in [6.07, 6.45) is 5.69. The maximum absolute atomic E-state index is 6.12. The smallest absolute Gasteiger partial charge is 0.122 e. The van der Waals surface area contributed by atoms with Crippen LogP contribution >= 0.6 is 0 Å². The van der Waals surface area contributed by atoms with Gasteiger partial charge < -0.3 is 10.5 Å². The van der Waals surface area contributed by atoms with Crippen LogP contribution in [0.25, 0.3) is 0 Å². The van der Waals surface area contributed by atoms with Crippen LogP contribution in [0.4, 0.5) is 0 Å². The molecule has 0 unspecified atom stereocenters. The number of ether oxygens (including phenoxy) is 1. The van der Waals surface area contributed by atoms with Crippen molar-refractivity contribution in [2.45, 2.75) is 37.6 Å². The van der Waals surface area contributed by atoms with Gasteiger partial charge in [-0.1, -0.05) is 12.1 Å². The van der Waals surface area contributed by atoms with Crippen molar-refractivity contribution >= 4 is 0 Å². The molecule has 1 fully saturated rings. The van der Waals surface area contributed by atoms with Crippen LogP contribution < -0.4 is 10.5 Å². The molecule has 2 heteroatoms. The van der Waals surface area contributed by atoms with Crippen LogP contribution in [0, 0.1) is 0 Å². The number of aryl methyl sites for hydroxylation is 1. The standard InChI is InChI=1S/C13H17NO/c14-13(5-6-13)9-10-3-4-12-11(8-10)2-1-7-15-12/h3-4,8H,1-2,5-7,9,14H2. The molecule has 1 aromatic carbocycles. The third kappa shape index (κ3) is 1.86. The van der Waals surface area contributed by atoms with Crippen molar-refractivity contribution in [2.75, 3.05) is 6.61 Å². The molecule has 3 rings (SSSR count). The van der Waals surface area contributed by atoms with Crippen LogP contribution in [0.2, 0.25) is 0 Å². The van der Waals surface area contributed by atoms with E-state index in [9.17, 15) is 0 Å². The van der Waals surface area contributed by atoms with Crippen molar-refractivity contribution in [1.29, 1.82) is 0 Å². The molecule has 0 amide bonds. The molecule has 1 saturated carbocycles. The van der Waals surface area contributed by atoms with Crippen LogP contribution in [0.3, 0.4) is 0 Å². The Morgan fingerprint density at radius 1 is 1.33 bits per heavy atom. The van der Waals surface area contributed by atoms with E-state index in [2.05, 4.69) is 18.2 Å². The Bertz CT molecular complexity index is 382. The lowest BCUT2D eigenvalue weighted by molar-refractivity contribution is 0.288. The van der Waals surface area contributed by atoms with E-state index in [1.807, 2.05) is 0 Å². The number of hydrogen-bond donors (Lipinski definition) is 1. The van der Waals surface area contributed by atoms with Crippen LogP contribution in [-0.2, 0) is 12.8 Å². The fourth-order valence-electron chi connectivity index (χ4n) is 2.27. The number of fused-ring (bicyclic) bond motifs is 1. The van der Waals surface area contributed by atoms with Gasteiger partial charge in [0.15, 0.2) is 0 Å². The van der Waals surface area contributed by atoms with E-state index in [4.69, 9.17) is 10.5 Å². The molecule has 0 saturated heterocycles.